The number of halogens is 3. The van der Waals surface area contributed by atoms with E-state index in [0.717, 1.165) is 28.2 Å². The molecule has 0 spiro atoms. The average molecular weight is 445 g/mol. The van der Waals surface area contributed by atoms with Crippen molar-refractivity contribution in [1.29, 1.82) is 5.26 Å². The van der Waals surface area contributed by atoms with E-state index in [1.165, 1.54) is 6.07 Å². The number of anilines is 1. The van der Waals surface area contributed by atoms with Gasteiger partial charge in [-0.15, -0.1) is 0 Å². The second-order valence-corrected chi connectivity index (χ2v) is 8.11. The van der Waals surface area contributed by atoms with Crippen LogP contribution in [-0.2, 0) is 23.9 Å². The number of fused-ring (bicyclic) bond motifs is 2. The monoisotopic (exact) mass is 445 g/mol. The number of nitriles is 1. The van der Waals surface area contributed by atoms with Gasteiger partial charge in [0.15, 0.2) is 5.11 Å². The van der Waals surface area contributed by atoms with Gasteiger partial charge in [0.25, 0.3) is 5.91 Å². The van der Waals surface area contributed by atoms with Crippen LogP contribution in [0.3, 0.4) is 0 Å². The number of benzene rings is 2. The first-order chi connectivity index (χ1) is 14.6. The summed E-state index contributed by atoms with van der Waals surface area (Å²) in [5, 5.41) is 9.16. The van der Waals surface area contributed by atoms with Crippen molar-refractivity contribution in [1.82, 2.24) is 4.90 Å². The molecule has 1 fully saturated rings. The molecule has 0 N–H and O–H groups in total. The summed E-state index contributed by atoms with van der Waals surface area (Å²) in [6.45, 7) is 4.21. The second-order valence-electron chi connectivity index (χ2n) is 7.74. The Hall–Kier alpha value is -3.12. The Kier molecular flexibility index (Phi) is 5.13. The Balaban J connectivity index is 1.67. The summed E-state index contributed by atoms with van der Waals surface area (Å²) in [6, 6.07) is 9.82. The quantitative estimate of drug-likeness (QED) is 0.655. The zero-order chi connectivity index (χ0) is 22.5. The van der Waals surface area contributed by atoms with Crippen molar-refractivity contribution in [2.24, 2.45) is 0 Å². The van der Waals surface area contributed by atoms with Crippen LogP contribution >= 0.6 is 12.2 Å². The molecule has 2 aliphatic rings. The number of rotatable bonds is 3. The van der Waals surface area contributed by atoms with Gasteiger partial charge in [0, 0.05) is 13.0 Å². The van der Waals surface area contributed by atoms with Crippen molar-refractivity contribution < 1.29 is 22.7 Å². The predicted octanol–water partition coefficient (Wildman–Crippen LogP) is 4.42. The number of alkyl halides is 3. The molecule has 1 atom stereocenters. The Morgan fingerprint density at radius 1 is 1.19 bits per heavy atom. The standard InChI is InChI=1S/C22H18F3N3O2S/c1-12(2)30-17-6-4-13-8-19-20(29)28(21(31)27(19)11-15(13)7-17)16-5-3-14(10-26)18(9-16)22(23,24)25/h3-7,9,12,19H,8,11H2,1-2H3. The third-order valence-corrected chi connectivity index (χ3v) is 5.73. The molecule has 2 aliphatic heterocycles. The van der Waals surface area contributed by atoms with Gasteiger partial charge in [-0.05, 0) is 67.5 Å². The molecule has 0 saturated carbocycles. The first kappa shape index (κ1) is 21.1. The van der Waals surface area contributed by atoms with Crippen molar-refractivity contribution in [2.45, 2.75) is 45.1 Å². The van der Waals surface area contributed by atoms with Crippen LogP contribution in [0.25, 0.3) is 0 Å². The van der Waals surface area contributed by atoms with E-state index in [1.54, 1.807) is 11.0 Å². The van der Waals surface area contributed by atoms with E-state index >= 15 is 0 Å². The van der Waals surface area contributed by atoms with Crippen LogP contribution in [0.2, 0.25) is 0 Å². The molecular formula is C22H18F3N3O2S. The number of carbonyl (C=O) groups excluding carboxylic acids is 1. The van der Waals surface area contributed by atoms with Crippen LogP contribution in [0.15, 0.2) is 36.4 Å². The maximum atomic E-state index is 13.4. The highest BCUT2D eigenvalue weighted by Gasteiger charge is 2.46. The molecule has 0 aromatic heterocycles. The van der Waals surface area contributed by atoms with Crippen LogP contribution in [0.1, 0.15) is 36.1 Å². The topological polar surface area (TPSA) is 56.6 Å². The number of carbonyl (C=O) groups is 1. The highest BCUT2D eigenvalue weighted by atomic mass is 32.1. The molecule has 2 heterocycles. The van der Waals surface area contributed by atoms with Gasteiger partial charge in [-0.25, -0.2) is 0 Å². The van der Waals surface area contributed by atoms with E-state index < -0.39 is 23.3 Å². The van der Waals surface area contributed by atoms with E-state index in [-0.39, 0.29) is 22.8 Å². The van der Waals surface area contributed by atoms with Crippen LogP contribution in [0.5, 0.6) is 5.75 Å². The third kappa shape index (κ3) is 3.72. The summed E-state index contributed by atoms with van der Waals surface area (Å²) in [5.41, 5.74) is 0.348. The molecule has 0 radical (unpaired) electrons. The zero-order valence-corrected chi connectivity index (χ0v) is 17.5. The first-order valence-corrected chi connectivity index (χ1v) is 10.1. The summed E-state index contributed by atoms with van der Waals surface area (Å²) < 4.78 is 45.9. The molecule has 0 aliphatic carbocycles. The number of ether oxygens (including phenoxy) is 1. The molecule has 1 unspecified atom stereocenters. The predicted molar refractivity (Wildman–Crippen MR) is 111 cm³/mol. The zero-order valence-electron chi connectivity index (χ0n) is 16.7. The Morgan fingerprint density at radius 3 is 2.58 bits per heavy atom. The molecule has 2 aromatic carbocycles. The van der Waals surface area contributed by atoms with E-state index in [0.29, 0.717) is 18.7 Å². The lowest BCUT2D eigenvalue weighted by atomic mass is 9.94. The van der Waals surface area contributed by atoms with E-state index in [9.17, 15) is 18.0 Å². The van der Waals surface area contributed by atoms with Gasteiger partial charge in [0.2, 0.25) is 0 Å². The normalized spacial score (nSPS) is 18.2. The summed E-state index contributed by atoms with van der Waals surface area (Å²) in [4.78, 5) is 16.0. The van der Waals surface area contributed by atoms with Gasteiger partial charge in [-0.1, -0.05) is 6.07 Å². The molecule has 5 nitrogen and oxygen atoms in total. The van der Waals surface area contributed by atoms with Crippen molar-refractivity contribution in [3.63, 3.8) is 0 Å². The lowest BCUT2D eigenvalue weighted by Gasteiger charge is -2.30. The number of nitrogens with zero attached hydrogens (tertiary/aromatic N) is 3. The van der Waals surface area contributed by atoms with Crippen molar-refractivity contribution >= 4 is 28.9 Å². The highest BCUT2D eigenvalue weighted by Crippen LogP contribution is 2.38. The van der Waals surface area contributed by atoms with Crippen LogP contribution in [0.4, 0.5) is 18.9 Å². The van der Waals surface area contributed by atoms with E-state index in [2.05, 4.69) is 0 Å². The lowest BCUT2D eigenvalue weighted by molar-refractivity contribution is -0.137. The highest BCUT2D eigenvalue weighted by molar-refractivity contribution is 7.80. The minimum Gasteiger partial charge on any atom is -0.491 e. The van der Waals surface area contributed by atoms with Gasteiger partial charge < -0.3 is 9.64 Å². The molecule has 31 heavy (non-hydrogen) atoms. The fourth-order valence-corrected chi connectivity index (χ4v) is 4.33. The Bertz CT molecular complexity index is 1120. The summed E-state index contributed by atoms with van der Waals surface area (Å²) in [6.07, 6.45) is -4.31. The maximum absolute atomic E-state index is 13.4. The first-order valence-electron chi connectivity index (χ1n) is 9.64. The minimum absolute atomic E-state index is 0.00334. The third-order valence-electron chi connectivity index (χ3n) is 5.31. The summed E-state index contributed by atoms with van der Waals surface area (Å²) in [5.74, 6) is 0.332. The number of hydrogen-bond donors (Lipinski definition) is 0. The lowest BCUT2D eigenvalue weighted by Crippen LogP contribution is -2.39. The summed E-state index contributed by atoms with van der Waals surface area (Å²) in [7, 11) is 0. The van der Waals surface area contributed by atoms with Crippen LogP contribution < -0.4 is 9.64 Å². The summed E-state index contributed by atoms with van der Waals surface area (Å²) >= 11 is 5.48. The molecule has 1 amide bonds. The number of hydrogen-bond acceptors (Lipinski definition) is 4. The molecule has 2 aromatic rings. The fourth-order valence-electron chi connectivity index (χ4n) is 3.94. The Morgan fingerprint density at radius 2 is 1.94 bits per heavy atom. The van der Waals surface area contributed by atoms with Crippen LogP contribution in [-0.4, -0.2) is 28.1 Å². The SMILES string of the molecule is CC(C)Oc1ccc2c(c1)CN1C(=S)N(c3ccc(C#N)c(C(F)(F)F)c3)C(=O)C1C2. The Labute approximate surface area is 182 Å². The average Bonchev–Trinajstić information content (AvgIpc) is 2.94. The largest absolute Gasteiger partial charge is 0.491 e. The van der Waals surface area contributed by atoms with E-state index in [4.69, 9.17) is 22.2 Å². The van der Waals surface area contributed by atoms with Gasteiger partial charge in [0.1, 0.15) is 11.8 Å². The van der Waals surface area contributed by atoms with E-state index in [1.807, 2.05) is 32.0 Å². The van der Waals surface area contributed by atoms with Crippen molar-refractivity contribution in [3.8, 4) is 11.8 Å². The maximum Gasteiger partial charge on any atom is 0.417 e. The molecule has 160 valence electrons. The van der Waals surface area contributed by atoms with Gasteiger partial charge >= 0.3 is 6.18 Å². The van der Waals surface area contributed by atoms with Gasteiger partial charge in [0.05, 0.1) is 29.0 Å². The molecular weight excluding hydrogens is 427 g/mol. The van der Waals surface area contributed by atoms with Crippen molar-refractivity contribution in [2.75, 3.05) is 4.90 Å². The van der Waals surface area contributed by atoms with Gasteiger partial charge in [-0.2, -0.15) is 18.4 Å². The smallest absolute Gasteiger partial charge is 0.417 e. The fraction of sp³-hybridized carbons (Fsp3) is 0.318. The molecule has 9 heteroatoms. The second kappa shape index (κ2) is 7.54. The number of thiocarbonyl (C=S) groups is 1. The molecule has 1 saturated heterocycles. The molecule has 4 rings (SSSR count). The van der Waals surface area contributed by atoms with Gasteiger partial charge in [-0.3, -0.25) is 9.69 Å². The minimum atomic E-state index is -4.72. The van der Waals surface area contributed by atoms with Crippen molar-refractivity contribution in [3.05, 3.63) is 58.7 Å². The molecule has 0 bridgehead atoms. The number of amides is 1. The van der Waals surface area contributed by atoms with Crippen LogP contribution in [0, 0.1) is 11.3 Å².